The molecule has 0 aliphatic rings. The smallest absolute Gasteiger partial charge is 0.141 e. The molecule has 0 N–H and O–H groups in total. The van der Waals surface area contributed by atoms with E-state index in [4.69, 9.17) is 9.51 Å². The zero-order valence-corrected chi connectivity index (χ0v) is 17.6. The van der Waals surface area contributed by atoms with Crippen molar-refractivity contribution in [3.8, 4) is 22.3 Å². The molecule has 4 aromatic heterocycles. The van der Waals surface area contributed by atoms with E-state index in [0.717, 1.165) is 50.3 Å². The summed E-state index contributed by atoms with van der Waals surface area (Å²) in [7, 11) is 1.88. The number of rotatable bonds is 5. The van der Waals surface area contributed by atoms with E-state index in [1.807, 2.05) is 80.5 Å². The maximum absolute atomic E-state index is 14.4. The van der Waals surface area contributed by atoms with Crippen LogP contribution in [0.4, 0.5) is 4.39 Å². The van der Waals surface area contributed by atoms with Crippen molar-refractivity contribution < 1.29 is 8.91 Å². The molecule has 5 rings (SSSR count). The third-order valence-corrected chi connectivity index (χ3v) is 5.67. The largest absolute Gasteiger partial charge is 0.361 e. The van der Waals surface area contributed by atoms with Gasteiger partial charge in [-0.2, -0.15) is 5.10 Å². The van der Waals surface area contributed by atoms with Gasteiger partial charge in [0, 0.05) is 47.9 Å². The van der Waals surface area contributed by atoms with Crippen LogP contribution in [-0.2, 0) is 7.05 Å². The van der Waals surface area contributed by atoms with Gasteiger partial charge in [0.05, 0.1) is 29.0 Å². The molecule has 7 heteroatoms. The minimum Gasteiger partial charge on any atom is -0.361 e. The molecule has 0 spiro atoms. The van der Waals surface area contributed by atoms with Crippen LogP contribution in [0.5, 0.6) is 0 Å². The molecule has 1 atom stereocenters. The fourth-order valence-corrected chi connectivity index (χ4v) is 4.19. The first-order chi connectivity index (χ1) is 15.1. The van der Waals surface area contributed by atoms with Crippen molar-refractivity contribution in [1.82, 2.24) is 24.5 Å². The Balaban J connectivity index is 1.77. The highest BCUT2D eigenvalue weighted by molar-refractivity contribution is 5.95. The van der Waals surface area contributed by atoms with Crippen LogP contribution in [0.25, 0.3) is 33.3 Å². The lowest BCUT2D eigenvalue weighted by atomic mass is 10.0. The second-order valence-corrected chi connectivity index (χ2v) is 7.72. The van der Waals surface area contributed by atoms with E-state index in [2.05, 4.69) is 10.3 Å². The highest BCUT2D eigenvalue weighted by Crippen LogP contribution is 2.36. The Morgan fingerprint density at radius 1 is 1.06 bits per heavy atom. The standard InChI is InChI=1S/C24H22FN5O/c1-15-23(16(2)31-28-15)18-9-21-24(26-11-18)20(19-12-27-29(3)13-19)14-30(21)22(10-25)17-7-5-4-6-8-17/h4-9,11-14,22H,10H2,1-3H3. The summed E-state index contributed by atoms with van der Waals surface area (Å²) in [6, 6.07) is 11.3. The molecule has 0 amide bonds. The normalized spacial score (nSPS) is 12.5. The van der Waals surface area contributed by atoms with Crippen LogP contribution in [0.15, 0.2) is 65.7 Å². The number of hydrogen-bond acceptors (Lipinski definition) is 4. The Hall–Kier alpha value is -3.74. The van der Waals surface area contributed by atoms with Crippen LogP contribution in [0.1, 0.15) is 23.1 Å². The minimum absolute atomic E-state index is 0.462. The third-order valence-electron chi connectivity index (χ3n) is 5.67. The highest BCUT2D eigenvalue weighted by atomic mass is 19.1. The van der Waals surface area contributed by atoms with Gasteiger partial charge in [0.15, 0.2) is 0 Å². The van der Waals surface area contributed by atoms with Crippen molar-refractivity contribution in [2.45, 2.75) is 19.9 Å². The quantitative estimate of drug-likeness (QED) is 0.392. The van der Waals surface area contributed by atoms with Gasteiger partial charge >= 0.3 is 0 Å². The van der Waals surface area contributed by atoms with Gasteiger partial charge in [-0.1, -0.05) is 35.5 Å². The molecule has 0 saturated heterocycles. The number of aryl methyl sites for hydroxylation is 3. The molecule has 0 aliphatic carbocycles. The molecule has 0 fully saturated rings. The summed E-state index contributed by atoms with van der Waals surface area (Å²) in [5.41, 5.74) is 7.03. The van der Waals surface area contributed by atoms with E-state index in [0.29, 0.717) is 0 Å². The SMILES string of the molecule is Cc1noc(C)c1-c1cnc2c(-c3cnn(C)c3)cn(C(CF)c3ccccc3)c2c1. The predicted octanol–water partition coefficient (Wildman–Crippen LogP) is 5.27. The topological polar surface area (TPSA) is 61.7 Å². The summed E-state index contributed by atoms with van der Waals surface area (Å²) in [4.78, 5) is 4.79. The van der Waals surface area contributed by atoms with Gasteiger partial charge in [0.2, 0.25) is 0 Å². The lowest BCUT2D eigenvalue weighted by Gasteiger charge is -2.17. The minimum atomic E-state index is -0.532. The van der Waals surface area contributed by atoms with Crippen LogP contribution >= 0.6 is 0 Å². The van der Waals surface area contributed by atoms with E-state index < -0.39 is 12.7 Å². The molecule has 1 unspecified atom stereocenters. The molecule has 0 saturated carbocycles. The van der Waals surface area contributed by atoms with E-state index in [-0.39, 0.29) is 0 Å². The Morgan fingerprint density at radius 3 is 2.52 bits per heavy atom. The van der Waals surface area contributed by atoms with Crippen LogP contribution < -0.4 is 0 Å². The Morgan fingerprint density at radius 2 is 1.87 bits per heavy atom. The van der Waals surface area contributed by atoms with E-state index >= 15 is 0 Å². The number of pyridine rings is 1. The second-order valence-electron chi connectivity index (χ2n) is 7.72. The van der Waals surface area contributed by atoms with Crippen LogP contribution in [0.3, 0.4) is 0 Å². The summed E-state index contributed by atoms with van der Waals surface area (Å²) < 4.78 is 23.5. The molecule has 0 bridgehead atoms. The zero-order valence-electron chi connectivity index (χ0n) is 17.6. The first-order valence-corrected chi connectivity index (χ1v) is 10.1. The number of hydrogen-bond donors (Lipinski definition) is 0. The molecule has 156 valence electrons. The van der Waals surface area contributed by atoms with Crippen molar-refractivity contribution in [3.63, 3.8) is 0 Å². The molecule has 0 radical (unpaired) electrons. The molecular formula is C24H22FN5O. The maximum Gasteiger partial charge on any atom is 0.141 e. The fourth-order valence-electron chi connectivity index (χ4n) is 4.19. The van der Waals surface area contributed by atoms with Gasteiger partial charge in [-0.05, 0) is 25.5 Å². The summed E-state index contributed by atoms with van der Waals surface area (Å²) >= 11 is 0. The first-order valence-electron chi connectivity index (χ1n) is 10.1. The van der Waals surface area contributed by atoms with E-state index in [9.17, 15) is 4.39 Å². The summed E-state index contributed by atoms with van der Waals surface area (Å²) in [6.45, 7) is 3.26. The van der Waals surface area contributed by atoms with E-state index in [1.54, 1.807) is 10.9 Å². The number of aromatic nitrogens is 5. The van der Waals surface area contributed by atoms with Gasteiger partial charge in [-0.25, -0.2) is 4.39 Å². The molecular weight excluding hydrogens is 393 g/mol. The molecule has 5 aromatic rings. The Kier molecular flexibility index (Phi) is 4.66. The average Bonchev–Trinajstić information content (AvgIpc) is 3.46. The zero-order chi connectivity index (χ0) is 21.5. The average molecular weight is 415 g/mol. The van der Waals surface area contributed by atoms with Crippen LogP contribution in [0, 0.1) is 13.8 Å². The number of nitrogens with zero attached hydrogens (tertiary/aromatic N) is 5. The van der Waals surface area contributed by atoms with Crippen molar-refractivity contribution in [2.75, 3.05) is 6.67 Å². The summed E-state index contributed by atoms with van der Waals surface area (Å²) in [6.07, 6.45) is 7.54. The van der Waals surface area contributed by atoms with Gasteiger partial charge in [0.1, 0.15) is 12.4 Å². The maximum atomic E-state index is 14.4. The Bertz CT molecular complexity index is 1350. The van der Waals surface area contributed by atoms with E-state index in [1.165, 1.54) is 0 Å². The fraction of sp³-hybridized carbons (Fsp3) is 0.208. The van der Waals surface area contributed by atoms with Crippen molar-refractivity contribution in [2.24, 2.45) is 7.05 Å². The van der Waals surface area contributed by atoms with Gasteiger partial charge in [0.25, 0.3) is 0 Å². The Labute approximate surface area is 178 Å². The molecule has 6 nitrogen and oxygen atoms in total. The second kappa shape index (κ2) is 7.50. The summed E-state index contributed by atoms with van der Waals surface area (Å²) in [5.74, 6) is 0.731. The van der Waals surface area contributed by atoms with Crippen LogP contribution in [-0.4, -0.2) is 31.2 Å². The lowest BCUT2D eigenvalue weighted by molar-refractivity contribution is 0.393. The monoisotopic (exact) mass is 415 g/mol. The van der Waals surface area contributed by atoms with Crippen molar-refractivity contribution in [3.05, 3.63) is 78.2 Å². The molecule has 1 aromatic carbocycles. The number of benzene rings is 1. The first kappa shape index (κ1) is 19.2. The molecule has 0 aliphatic heterocycles. The van der Waals surface area contributed by atoms with Gasteiger partial charge in [-0.15, -0.1) is 0 Å². The number of alkyl halides is 1. The van der Waals surface area contributed by atoms with Gasteiger partial charge in [-0.3, -0.25) is 9.67 Å². The predicted molar refractivity (Wildman–Crippen MR) is 117 cm³/mol. The number of halogens is 1. The lowest BCUT2D eigenvalue weighted by Crippen LogP contribution is -2.11. The number of fused-ring (bicyclic) bond motifs is 1. The van der Waals surface area contributed by atoms with Crippen molar-refractivity contribution >= 4 is 11.0 Å². The van der Waals surface area contributed by atoms with Crippen LogP contribution in [0.2, 0.25) is 0 Å². The van der Waals surface area contributed by atoms with Crippen molar-refractivity contribution in [1.29, 1.82) is 0 Å². The summed E-state index contributed by atoms with van der Waals surface area (Å²) in [5, 5.41) is 8.37. The van der Waals surface area contributed by atoms with Gasteiger partial charge < -0.3 is 9.09 Å². The molecule has 4 heterocycles. The molecule has 31 heavy (non-hydrogen) atoms. The highest BCUT2D eigenvalue weighted by Gasteiger charge is 2.22. The third kappa shape index (κ3) is 3.22.